The van der Waals surface area contributed by atoms with Crippen LogP contribution in [-0.2, 0) is 6.54 Å². The molecule has 0 amide bonds. The van der Waals surface area contributed by atoms with Gasteiger partial charge in [-0.1, -0.05) is 0 Å². The third-order valence-electron chi connectivity index (χ3n) is 2.98. The average Bonchev–Trinajstić information content (AvgIpc) is 2.45. The van der Waals surface area contributed by atoms with Gasteiger partial charge in [0.25, 0.3) is 0 Å². The van der Waals surface area contributed by atoms with E-state index in [9.17, 15) is 0 Å². The minimum absolute atomic E-state index is 0.952. The van der Waals surface area contributed by atoms with Crippen LogP contribution in [0, 0.1) is 20.8 Å². The van der Waals surface area contributed by atoms with Crippen LogP contribution < -0.4 is 5.32 Å². The number of nitrogens with zero attached hydrogens (tertiary/aromatic N) is 3. The fourth-order valence-electron chi connectivity index (χ4n) is 1.62. The molecular formula is C12H24N4. The summed E-state index contributed by atoms with van der Waals surface area (Å²) in [5, 5.41) is 7.93. The molecule has 0 saturated heterocycles. The molecule has 92 valence electrons. The highest BCUT2D eigenvalue weighted by Crippen LogP contribution is 2.09. The normalized spacial score (nSPS) is 11.4. The largest absolute Gasteiger partial charge is 0.314 e. The second-order valence-electron chi connectivity index (χ2n) is 4.57. The van der Waals surface area contributed by atoms with Crippen molar-refractivity contribution in [2.75, 3.05) is 33.7 Å². The summed E-state index contributed by atoms with van der Waals surface area (Å²) in [5.74, 6) is 0. The predicted octanol–water partition coefficient (Wildman–Crippen LogP) is 0.960. The van der Waals surface area contributed by atoms with Gasteiger partial charge in [0.15, 0.2) is 0 Å². The van der Waals surface area contributed by atoms with Gasteiger partial charge in [-0.2, -0.15) is 5.10 Å². The van der Waals surface area contributed by atoms with E-state index in [-0.39, 0.29) is 0 Å². The molecule has 4 heteroatoms. The van der Waals surface area contributed by atoms with Crippen LogP contribution in [0.5, 0.6) is 0 Å². The quantitative estimate of drug-likeness (QED) is 0.731. The highest BCUT2D eigenvalue weighted by molar-refractivity contribution is 5.22. The first kappa shape index (κ1) is 13.2. The molecule has 0 unspecified atom stereocenters. The summed E-state index contributed by atoms with van der Waals surface area (Å²) < 4.78 is 2.09. The lowest BCUT2D eigenvalue weighted by molar-refractivity contribution is 0.396. The van der Waals surface area contributed by atoms with Crippen molar-refractivity contribution in [1.82, 2.24) is 20.0 Å². The van der Waals surface area contributed by atoms with E-state index in [1.54, 1.807) is 0 Å². The lowest BCUT2D eigenvalue weighted by atomic mass is 10.2. The lowest BCUT2D eigenvalue weighted by Gasteiger charge is -2.10. The smallest absolute Gasteiger partial charge is 0.0625 e. The Kier molecular flexibility index (Phi) is 4.96. The van der Waals surface area contributed by atoms with Crippen LogP contribution in [0.4, 0.5) is 0 Å². The van der Waals surface area contributed by atoms with Gasteiger partial charge in [0.05, 0.1) is 12.2 Å². The van der Waals surface area contributed by atoms with Gasteiger partial charge >= 0.3 is 0 Å². The SMILES string of the molecule is Cc1nn(CCNCCN(C)C)c(C)c1C. The molecule has 1 aromatic heterocycles. The van der Waals surface area contributed by atoms with E-state index < -0.39 is 0 Å². The van der Waals surface area contributed by atoms with Crippen LogP contribution in [0.1, 0.15) is 17.0 Å². The Hall–Kier alpha value is -0.870. The zero-order valence-corrected chi connectivity index (χ0v) is 11.2. The topological polar surface area (TPSA) is 33.1 Å². The molecule has 4 nitrogen and oxygen atoms in total. The van der Waals surface area contributed by atoms with Gasteiger partial charge in [-0.05, 0) is 40.4 Å². The molecule has 0 aliphatic carbocycles. The summed E-state index contributed by atoms with van der Waals surface area (Å²) in [7, 11) is 4.18. The van der Waals surface area contributed by atoms with Gasteiger partial charge in [0, 0.05) is 25.3 Å². The van der Waals surface area contributed by atoms with E-state index in [4.69, 9.17) is 0 Å². The Bertz CT molecular complexity index is 328. The Morgan fingerprint density at radius 2 is 1.88 bits per heavy atom. The van der Waals surface area contributed by atoms with Gasteiger partial charge in [0.2, 0.25) is 0 Å². The van der Waals surface area contributed by atoms with Crippen molar-refractivity contribution < 1.29 is 0 Å². The summed E-state index contributed by atoms with van der Waals surface area (Å²) in [6.45, 7) is 10.4. The molecule has 1 aromatic rings. The van der Waals surface area contributed by atoms with Crippen LogP contribution in [0.25, 0.3) is 0 Å². The molecule has 0 aliphatic rings. The van der Waals surface area contributed by atoms with Gasteiger partial charge in [-0.25, -0.2) is 0 Å². The highest BCUT2D eigenvalue weighted by Gasteiger charge is 2.05. The van der Waals surface area contributed by atoms with Crippen LogP contribution in [0.15, 0.2) is 0 Å². The molecule has 0 aromatic carbocycles. The zero-order chi connectivity index (χ0) is 12.1. The highest BCUT2D eigenvalue weighted by atomic mass is 15.3. The number of rotatable bonds is 6. The number of likely N-dealkylation sites (N-methyl/N-ethyl adjacent to an activating group) is 1. The van der Waals surface area contributed by atoms with Crippen molar-refractivity contribution in [3.05, 3.63) is 17.0 Å². The van der Waals surface area contributed by atoms with Crippen LogP contribution in [0.2, 0.25) is 0 Å². The fourth-order valence-corrected chi connectivity index (χ4v) is 1.62. The minimum atomic E-state index is 0.952. The van der Waals surface area contributed by atoms with Crippen molar-refractivity contribution in [3.63, 3.8) is 0 Å². The molecule has 0 spiro atoms. The van der Waals surface area contributed by atoms with Gasteiger partial charge in [0.1, 0.15) is 0 Å². The molecule has 16 heavy (non-hydrogen) atoms. The standard InChI is InChI=1S/C12H24N4/c1-10-11(2)14-16(12(10)3)9-7-13-6-8-15(4)5/h13H,6-9H2,1-5H3. The van der Waals surface area contributed by atoms with Crippen molar-refractivity contribution in [1.29, 1.82) is 0 Å². The molecule has 0 atom stereocenters. The Morgan fingerprint density at radius 3 is 2.38 bits per heavy atom. The van der Waals surface area contributed by atoms with E-state index >= 15 is 0 Å². The van der Waals surface area contributed by atoms with Crippen molar-refractivity contribution in [2.24, 2.45) is 0 Å². The molecule has 0 saturated carbocycles. The van der Waals surface area contributed by atoms with Crippen molar-refractivity contribution in [3.8, 4) is 0 Å². The maximum Gasteiger partial charge on any atom is 0.0625 e. The zero-order valence-electron chi connectivity index (χ0n) is 11.2. The number of hydrogen-bond acceptors (Lipinski definition) is 3. The molecule has 0 fully saturated rings. The fraction of sp³-hybridized carbons (Fsp3) is 0.750. The first-order valence-electron chi connectivity index (χ1n) is 5.88. The minimum Gasteiger partial charge on any atom is -0.314 e. The average molecular weight is 224 g/mol. The third-order valence-corrected chi connectivity index (χ3v) is 2.98. The predicted molar refractivity (Wildman–Crippen MR) is 67.9 cm³/mol. The third kappa shape index (κ3) is 3.61. The second-order valence-corrected chi connectivity index (χ2v) is 4.57. The lowest BCUT2D eigenvalue weighted by Crippen LogP contribution is -2.29. The number of aromatic nitrogens is 2. The van der Waals surface area contributed by atoms with E-state index in [1.807, 2.05) is 0 Å². The van der Waals surface area contributed by atoms with Gasteiger partial charge < -0.3 is 10.2 Å². The number of nitrogens with one attached hydrogen (secondary N) is 1. The first-order valence-corrected chi connectivity index (χ1v) is 5.88. The van der Waals surface area contributed by atoms with Gasteiger partial charge in [-0.3, -0.25) is 4.68 Å². The molecule has 1 heterocycles. The van der Waals surface area contributed by atoms with E-state index in [1.165, 1.54) is 11.3 Å². The molecule has 0 bridgehead atoms. The van der Waals surface area contributed by atoms with E-state index in [0.29, 0.717) is 0 Å². The maximum absolute atomic E-state index is 4.51. The summed E-state index contributed by atoms with van der Waals surface area (Å²) in [4.78, 5) is 2.18. The van der Waals surface area contributed by atoms with Crippen LogP contribution >= 0.6 is 0 Å². The Labute approximate surface area is 98.6 Å². The molecule has 0 radical (unpaired) electrons. The molecular weight excluding hydrogens is 200 g/mol. The monoisotopic (exact) mass is 224 g/mol. The molecule has 0 aliphatic heterocycles. The van der Waals surface area contributed by atoms with E-state index in [2.05, 4.69) is 54.9 Å². The number of hydrogen-bond donors (Lipinski definition) is 1. The summed E-state index contributed by atoms with van der Waals surface area (Å²) in [6, 6.07) is 0. The van der Waals surface area contributed by atoms with Crippen molar-refractivity contribution >= 4 is 0 Å². The van der Waals surface area contributed by atoms with E-state index in [0.717, 1.165) is 31.9 Å². The summed E-state index contributed by atoms with van der Waals surface area (Å²) in [6.07, 6.45) is 0. The summed E-state index contributed by atoms with van der Waals surface area (Å²) >= 11 is 0. The van der Waals surface area contributed by atoms with Crippen LogP contribution in [0.3, 0.4) is 0 Å². The van der Waals surface area contributed by atoms with Gasteiger partial charge in [-0.15, -0.1) is 0 Å². The first-order chi connectivity index (χ1) is 7.52. The number of aryl methyl sites for hydroxylation is 1. The molecule has 1 N–H and O–H groups in total. The maximum atomic E-state index is 4.51. The Morgan fingerprint density at radius 1 is 1.19 bits per heavy atom. The van der Waals surface area contributed by atoms with Crippen LogP contribution in [-0.4, -0.2) is 48.4 Å². The Balaban J connectivity index is 2.29. The summed E-state index contributed by atoms with van der Waals surface area (Å²) in [5.41, 5.74) is 3.74. The molecule has 1 rings (SSSR count). The second kappa shape index (κ2) is 6.01. The van der Waals surface area contributed by atoms with Crippen molar-refractivity contribution in [2.45, 2.75) is 27.3 Å².